The maximum absolute atomic E-state index is 12.3. The second kappa shape index (κ2) is 4.96. The van der Waals surface area contributed by atoms with Crippen LogP contribution in [0.25, 0.3) is 0 Å². The molecular formula is C13H14N2O5. The largest absolute Gasteiger partial charge is 0.454 e. The number of nitriles is 1. The molecule has 1 amide bonds. The lowest BCUT2D eigenvalue weighted by Gasteiger charge is -2.36. The summed E-state index contributed by atoms with van der Waals surface area (Å²) >= 11 is 0. The number of nitrogens with zero attached hydrogens (tertiary/aromatic N) is 2. The van der Waals surface area contributed by atoms with E-state index in [-0.39, 0.29) is 13.0 Å². The third-order valence-corrected chi connectivity index (χ3v) is 3.40. The predicted molar refractivity (Wildman–Crippen MR) is 64.9 cm³/mol. The first-order valence-corrected chi connectivity index (χ1v) is 6.14. The van der Waals surface area contributed by atoms with E-state index >= 15 is 0 Å². The lowest BCUT2D eigenvalue weighted by atomic mass is 9.88. The summed E-state index contributed by atoms with van der Waals surface area (Å²) in [6.07, 6.45) is 1.33. The topological polar surface area (TPSA) is 96.7 Å². The quantitative estimate of drug-likeness (QED) is 0.517. The van der Waals surface area contributed by atoms with Crippen molar-refractivity contribution in [2.24, 2.45) is 0 Å². The average Bonchev–Trinajstić information content (AvgIpc) is 2.61. The third kappa shape index (κ3) is 2.03. The van der Waals surface area contributed by atoms with Gasteiger partial charge in [0.05, 0.1) is 6.07 Å². The molecule has 7 heteroatoms. The summed E-state index contributed by atoms with van der Waals surface area (Å²) in [4.78, 5) is 36.0. The van der Waals surface area contributed by atoms with Gasteiger partial charge >= 0.3 is 11.9 Å². The Bertz CT molecular complexity index is 535. The zero-order valence-corrected chi connectivity index (χ0v) is 11.2. The number of amides is 1. The molecule has 0 radical (unpaired) electrons. The highest BCUT2D eigenvalue weighted by Gasteiger charge is 2.63. The van der Waals surface area contributed by atoms with Crippen LogP contribution < -0.4 is 0 Å². The maximum Gasteiger partial charge on any atom is 0.303 e. The lowest BCUT2D eigenvalue weighted by molar-refractivity contribution is -0.166. The zero-order chi connectivity index (χ0) is 14.9. The number of carbonyl (C=O) groups is 3. The van der Waals surface area contributed by atoms with E-state index < -0.39 is 35.6 Å². The second-order valence-corrected chi connectivity index (χ2v) is 4.72. The molecule has 20 heavy (non-hydrogen) atoms. The monoisotopic (exact) mass is 278 g/mol. The van der Waals surface area contributed by atoms with Gasteiger partial charge in [-0.2, -0.15) is 5.26 Å². The van der Waals surface area contributed by atoms with E-state index in [0.717, 1.165) is 6.92 Å². The molecule has 3 atom stereocenters. The normalized spacial score (nSPS) is 31.4. The number of fused-ring (bicyclic) bond motifs is 1. The molecule has 0 bridgehead atoms. The molecule has 1 fully saturated rings. The van der Waals surface area contributed by atoms with E-state index in [2.05, 4.69) is 6.07 Å². The molecule has 106 valence electrons. The molecule has 0 N–H and O–H groups in total. The van der Waals surface area contributed by atoms with E-state index in [0.29, 0.717) is 0 Å². The van der Waals surface area contributed by atoms with E-state index in [4.69, 9.17) is 9.47 Å². The van der Waals surface area contributed by atoms with Crippen molar-refractivity contribution >= 4 is 17.8 Å². The molecule has 0 spiro atoms. The Morgan fingerprint density at radius 2 is 2.00 bits per heavy atom. The van der Waals surface area contributed by atoms with Gasteiger partial charge in [0.15, 0.2) is 11.6 Å². The number of carbonyl (C=O) groups excluding carboxylic acids is 3. The van der Waals surface area contributed by atoms with Crippen molar-refractivity contribution in [3.8, 4) is 6.07 Å². The molecule has 7 nitrogen and oxygen atoms in total. The average molecular weight is 278 g/mol. The molecular weight excluding hydrogens is 264 g/mol. The van der Waals surface area contributed by atoms with E-state index in [1.54, 1.807) is 12.2 Å². The van der Waals surface area contributed by atoms with Crippen LogP contribution in [0.15, 0.2) is 12.2 Å². The van der Waals surface area contributed by atoms with Crippen molar-refractivity contribution in [3.63, 3.8) is 0 Å². The third-order valence-electron chi connectivity index (χ3n) is 3.40. The Hall–Kier alpha value is -2.36. The molecule has 1 saturated heterocycles. The van der Waals surface area contributed by atoms with Crippen LogP contribution in [0.5, 0.6) is 0 Å². The number of ether oxygens (including phenoxy) is 2. The SMILES string of the molecule is CC(=O)O[C@@H]1[C@@H](OC(C)=O)C(=O)N2CC=CC[C@@]12C#N. The Labute approximate surface area is 115 Å². The first kappa shape index (κ1) is 14.1. The maximum atomic E-state index is 12.3. The summed E-state index contributed by atoms with van der Waals surface area (Å²) in [5, 5.41) is 9.50. The minimum absolute atomic E-state index is 0.224. The number of hydrogen-bond donors (Lipinski definition) is 0. The van der Waals surface area contributed by atoms with Crippen LogP contribution in [-0.2, 0) is 23.9 Å². The Morgan fingerprint density at radius 1 is 1.35 bits per heavy atom. The van der Waals surface area contributed by atoms with Crippen molar-refractivity contribution in [1.82, 2.24) is 4.90 Å². The highest BCUT2D eigenvalue weighted by atomic mass is 16.6. The molecule has 2 heterocycles. The summed E-state index contributed by atoms with van der Waals surface area (Å²) in [6, 6.07) is 2.05. The lowest BCUT2D eigenvalue weighted by Crippen LogP contribution is -2.53. The van der Waals surface area contributed by atoms with Gasteiger partial charge in [0.2, 0.25) is 6.10 Å². The molecule has 2 aliphatic heterocycles. The summed E-state index contributed by atoms with van der Waals surface area (Å²) in [6.45, 7) is 2.57. The Kier molecular flexibility index (Phi) is 3.49. The van der Waals surface area contributed by atoms with Crippen molar-refractivity contribution in [2.45, 2.75) is 38.0 Å². The minimum Gasteiger partial charge on any atom is -0.454 e. The molecule has 2 aliphatic rings. The van der Waals surface area contributed by atoms with Crippen LogP contribution in [0.1, 0.15) is 20.3 Å². The molecule has 0 aliphatic carbocycles. The van der Waals surface area contributed by atoms with Crippen molar-refractivity contribution in [2.75, 3.05) is 6.54 Å². The second-order valence-electron chi connectivity index (χ2n) is 4.72. The molecule has 0 aromatic carbocycles. The van der Waals surface area contributed by atoms with Gasteiger partial charge in [-0.3, -0.25) is 14.4 Å². The van der Waals surface area contributed by atoms with Crippen molar-refractivity contribution in [1.29, 1.82) is 5.26 Å². The highest BCUT2D eigenvalue weighted by molar-refractivity contribution is 5.89. The summed E-state index contributed by atoms with van der Waals surface area (Å²) < 4.78 is 10.1. The van der Waals surface area contributed by atoms with Gasteiger partial charge in [-0.1, -0.05) is 12.2 Å². The van der Waals surface area contributed by atoms with Gasteiger partial charge in [0.1, 0.15) is 0 Å². The standard InChI is InChI=1S/C13H14N2O5/c1-8(16)19-10-11(20-9(2)17)13(7-14)5-3-4-6-15(13)12(10)18/h3-4,10-11H,5-6H2,1-2H3/t10-,11-,13-/m1/s1. The highest BCUT2D eigenvalue weighted by Crippen LogP contribution is 2.39. The minimum atomic E-state index is -1.31. The van der Waals surface area contributed by atoms with Gasteiger partial charge in [0, 0.05) is 26.8 Å². The number of rotatable bonds is 2. The molecule has 0 aromatic heterocycles. The van der Waals surface area contributed by atoms with Crippen LogP contribution in [0.3, 0.4) is 0 Å². The predicted octanol–water partition coefficient (Wildman–Crippen LogP) is -0.0857. The zero-order valence-electron chi connectivity index (χ0n) is 11.2. The molecule has 0 saturated carbocycles. The molecule has 0 aromatic rings. The molecule has 2 rings (SSSR count). The Balaban J connectivity index is 2.44. The fourth-order valence-electron chi connectivity index (χ4n) is 2.60. The van der Waals surface area contributed by atoms with Crippen LogP contribution in [-0.4, -0.2) is 47.0 Å². The fraction of sp³-hybridized carbons (Fsp3) is 0.538. The smallest absolute Gasteiger partial charge is 0.303 e. The van der Waals surface area contributed by atoms with Crippen molar-refractivity contribution in [3.05, 3.63) is 12.2 Å². The Morgan fingerprint density at radius 3 is 2.55 bits per heavy atom. The summed E-state index contributed by atoms with van der Waals surface area (Å²) in [5.41, 5.74) is -1.31. The number of esters is 2. The van der Waals surface area contributed by atoms with Crippen molar-refractivity contribution < 1.29 is 23.9 Å². The van der Waals surface area contributed by atoms with E-state index in [1.165, 1.54) is 11.8 Å². The first-order chi connectivity index (χ1) is 9.42. The first-order valence-electron chi connectivity index (χ1n) is 6.14. The summed E-state index contributed by atoms with van der Waals surface area (Å²) in [7, 11) is 0. The van der Waals surface area contributed by atoms with Gasteiger partial charge in [0.25, 0.3) is 5.91 Å². The van der Waals surface area contributed by atoms with Crippen LogP contribution in [0, 0.1) is 11.3 Å². The van der Waals surface area contributed by atoms with Crippen LogP contribution >= 0.6 is 0 Å². The van der Waals surface area contributed by atoms with Crippen LogP contribution in [0.2, 0.25) is 0 Å². The van der Waals surface area contributed by atoms with Gasteiger partial charge in [-0.05, 0) is 0 Å². The van der Waals surface area contributed by atoms with Gasteiger partial charge in [-0.25, -0.2) is 0 Å². The van der Waals surface area contributed by atoms with Crippen LogP contribution in [0.4, 0.5) is 0 Å². The van der Waals surface area contributed by atoms with Gasteiger partial charge < -0.3 is 14.4 Å². The van der Waals surface area contributed by atoms with Gasteiger partial charge in [-0.15, -0.1) is 0 Å². The number of hydrogen-bond acceptors (Lipinski definition) is 6. The fourth-order valence-corrected chi connectivity index (χ4v) is 2.60. The van der Waals surface area contributed by atoms with E-state index in [9.17, 15) is 19.6 Å². The molecule has 0 unspecified atom stereocenters. The summed E-state index contributed by atoms with van der Waals surface area (Å²) in [5.74, 6) is -1.82. The van der Waals surface area contributed by atoms with E-state index in [1.807, 2.05) is 0 Å².